The Morgan fingerprint density at radius 1 is 1.07 bits per heavy atom. The Labute approximate surface area is 179 Å². The summed E-state index contributed by atoms with van der Waals surface area (Å²) in [6, 6.07) is 3.91. The molecule has 2 atom stereocenters. The van der Waals surface area contributed by atoms with Crippen LogP contribution in [-0.4, -0.2) is 73.7 Å². The van der Waals surface area contributed by atoms with E-state index < -0.39 is 0 Å². The van der Waals surface area contributed by atoms with Gasteiger partial charge < -0.3 is 19.3 Å². The first-order valence-corrected chi connectivity index (χ1v) is 11.9. The van der Waals surface area contributed by atoms with Gasteiger partial charge in [-0.1, -0.05) is 0 Å². The van der Waals surface area contributed by atoms with Crippen LogP contribution in [0.25, 0.3) is 0 Å². The number of hydrogen-bond donors (Lipinski definition) is 0. The van der Waals surface area contributed by atoms with E-state index in [1.165, 1.54) is 25.9 Å². The van der Waals surface area contributed by atoms with E-state index in [0.29, 0.717) is 24.3 Å². The zero-order valence-electron chi connectivity index (χ0n) is 18.2. The molecule has 1 aliphatic carbocycles. The molecule has 0 bridgehead atoms. The molecule has 0 radical (unpaired) electrons. The Kier molecular flexibility index (Phi) is 5.96. The van der Waals surface area contributed by atoms with Gasteiger partial charge in [0.15, 0.2) is 0 Å². The SMILES string of the molecule is CN1CC2CCN(C(=O)c3cc(OCC4CCOCC4)nc(C4CC4)c3)CCC2C1. The molecule has 1 amide bonds. The fourth-order valence-corrected chi connectivity index (χ4v) is 5.40. The fraction of sp³-hybridized carbons (Fsp3) is 0.750. The van der Waals surface area contributed by atoms with Crippen molar-refractivity contribution in [2.45, 2.75) is 44.4 Å². The first-order chi connectivity index (χ1) is 14.7. The molecular formula is C24H35N3O3. The van der Waals surface area contributed by atoms with Crippen LogP contribution in [0.3, 0.4) is 0 Å². The van der Waals surface area contributed by atoms with Crippen LogP contribution < -0.4 is 4.74 Å². The van der Waals surface area contributed by atoms with Crippen molar-refractivity contribution in [2.75, 3.05) is 53.0 Å². The molecule has 0 N–H and O–H groups in total. The van der Waals surface area contributed by atoms with Gasteiger partial charge in [0.05, 0.1) is 6.61 Å². The van der Waals surface area contributed by atoms with Crippen LogP contribution in [0.5, 0.6) is 5.88 Å². The van der Waals surface area contributed by atoms with Crippen molar-refractivity contribution in [1.82, 2.24) is 14.8 Å². The van der Waals surface area contributed by atoms with Gasteiger partial charge in [-0.15, -0.1) is 0 Å². The first kappa shape index (κ1) is 20.3. The number of aromatic nitrogens is 1. The molecular weight excluding hydrogens is 378 g/mol. The van der Waals surface area contributed by atoms with E-state index in [4.69, 9.17) is 14.5 Å². The maximum absolute atomic E-state index is 13.4. The molecule has 1 saturated carbocycles. The van der Waals surface area contributed by atoms with Gasteiger partial charge in [-0.3, -0.25) is 4.79 Å². The monoisotopic (exact) mass is 413 g/mol. The molecule has 6 nitrogen and oxygen atoms in total. The average Bonchev–Trinajstić information content (AvgIpc) is 3.58. The minimum atomic E-state index is 0.156. The quantitative estimate of drug-likeness (QED) is 0.742. The molecule has 30 heavy (non-hydrogen) atoms. The maximum atomic E-state index is 13.4. The average molecular weight is 414 g/mol. The molecule has 164 valence electrons. The second kappa shape index (κ2) is 8.83. The molecule has 6 heteroatoms. The Bertz CT molecular complexity index is 744. The standard InChI is InChI=1S/C24H35N3O3/c1-26-14-19-4-8-27(9-5-20(19)15-26)24(28)21-12-22(18-2-3-18)25-23(13-21)30-16-17-6-10-29-11-7-17/h12-13,17-20H,2-11,14-16H2,1H3. The van der Waals surface area contributed by atoms with Crippen molar-refractivity contribution in [3.63, 3.8) is 0 Å². The summed E-state index contributed by atoms with van der Waals surface area (Å²) in [4.78, 5) is 22.7. The molecule has 4 heterocycles. The van der Waals surface area contributed by atoms with Crippen molar-refractivity contribution in [1.29, 1.82) is 0 Å². The summed E-state index contributed by atoms with van der Waals surface area (Å²) in [6.45, 7) is 6.40. The number of rotatable bonds is 5. The largest absolute Gasteiger partial charge is 0.477 e. The Hall–Kier alpha value is -1.66. The van der Waals surface area contributed by atoms with Gasteiger partial charge in [-0.05, 0) is 69.4 Å². The lowest BCUT2D eigenvalue weighted by molar-refractivity contribution is 0.0490. The highest BCUT2D eigenvalue weighted by Crippen LogP contribution is 2.40. The van der Waals surface area contributed by atoms with E-state index in [0.717, 1.165) is 75.1 Å². The van der Waals surface area contributed by atoms with Crippen LogP contribution in [0.4, 0.5) is 0 Å². The summed E-state index contributed by atoms with van der Waals surface area (Å²) in [5.41, 5.74) is 1.80. The third-order valence-electron chi connectivity index (χ3n) is 7.46. The number of carbonyl (C=O) groups excluding carboxylic acids is 1. The normalized spacial score (nSPS) is 28.2. The topological polar surface area (TPSA) is 54.9 Å². The van der Waals surface area contributed by atoms with E-state index >= 15 is 0 Å². The van der Waals surface area contributed by atoms with Crippen LogP contribution in [0.1, 0.15) is 60.5 Å². The summed E-state index contributed by atoms with van der Waals surface area (Å²) < 4.78 is 11.5. The summed E-state index contributed by atoms with van der Waals surface area (Å²) in [6.07, 6.45) is 6.66. The molecule has 0 spiro atoms. The maximum Gasteiger partial charge on any atom is 0.254 e. The number of nitrogens with zero attached hydrogens (tertiary/aromatic N) is 3. The second-order valence-corrected chi connectivity index (χ2v) is 9.87. The summed E-state index contributed by atoms with van der Waals surface area (Å²) >= 11 is 0. The third kappa shape index (κ3) is 4.65. The highest BCUT2D eigenvalue weighted by Gasteiger charge is 2.35. The fourth-order valence-electron chi connectivity index (χ4n) is 5.40. The molecule has 3 saturated heterocycles. The lowest BCUT2D eigenvalue weighted by Crippen LogP contribution is -2.33. The van der Waals surface area contributed by atoms with Gasteiger partial charge in [-0.2, -0.15) is 0 Å². The van der Waals surface area contributed by atoms with E-state index in [1.807, 2.05) is 12.1 Å². The number of fused-ring (bicyclic) bond motifs is 1. The molecule has 0 aromatic carbocycles. The highest BCUT2D eigenvalue weighted by atomic mass is 16.5. The van der Waals surface area contributed by atoms with Gasteiger partial charge in [-0.25, -0.2) is 4.98 Å². The number of likely N-dealkylation sites (tertiary alicyclic amines) is 2. The van der Waals surface area contributed by atoms with Gasteiger partial charge in [0.25, 0.3) is 5.91 Å². The number of ether oxygens (including phenoxy) is 2. The minimum absolute atomic E-state index is 0.156. The molecule has 4 aliphatic rings. The van der Waals surface area contributed by atoms with E-state index in [1.54, 1.807) is 0 Å². The number of pyridine rings is 1. The van der Waals surface area contributed by atoms with E-state index in [2.05, 4.69) is 16.8 Å². The predicted octanol–water partition coefficient (Wildman–Crippen LogP) is 3.18. The number of amides is 1. The zero-order valence-corrected chi connectivity index (χ0v) is 18.2. The molecule has 3 aliphatic heterocycles. The molecule has 4 fully saturated rings. The van der Waals surface area contributed by atoms with Crippen molar-refractivity contribution in [3.8, 4) is 5.88 Å². The van der Waals surface area contributed by atoms with Gasteiger partial charge in [0, 0.05) is 62.6 Å². The van der Waals surface area contributed by atoms with E-state index in [-0.39, 0.29) is 5.91 Å². The smallest absolute Gasteiger partial charge is 0.254 e. The third-order valence-corrected chi connectivity index (χ3v) is 7.46. The first-order valence-electron chi connectivity index (χ1n) is 11.9. The highest BCUT2D eigenvalue weighted by molar-refractivity contribution is 5.94. The Morgan fingerprint density at radius 2 is 1.77 bits per heavy atom. The summed E-state index contributed by atoms with van der Waals surface area (Å²) in [5.74, 6) is 3.29. The zero-order chi connectivity index (χ0) is 20.5. The van der Waals surface area contributed by atoms with Crippen LogP contribution in [0.15, 0.2) is 12.1 Å². The second-order valence-electron chi connectivity index (χ2n) is 9.87. The van der Waals surface area contributed by atoms with Gasteiger partial charge in [0.2, 0.25) is 5.88 Å². The van der Waals surface area contributed by atoms with E-state index in [9.17, 15) is 4.79 Å². The molecule has 1 aromatic rings. The van der Waals surface area contributed by atoms with Crippen molar-refractivity contribution < 1.29 is 14.3 Å². The van der Waals surface area contributed by atoms with Crippen LogP contribution in [-0.2, 0) is 4.74 Å². The van der Waals surface area contributed by atoms with Crippen LogP contribution in [0, 0.1) is 17.8 Å². The minimum Gasteiger partial charge on any atom is -0.477 e. The van der Waals surface area contributed by atoms with Crippen LogP contribution >= 0.6 is 0 Å². The number of hydrogen-bond acceptors (Lipinski definition) is 5. The molecule has 2 unspecified atom stereocenters. The van der Waals surface area contributed by atoms with Crippen molar-refractivity contribution in [2.24, 2.45) is 17.8 Å². The molecule has 5 rings (SSSR count). The Balaban J connectivity index is 1.28. The predicted molar refractivity (Wildman–Crippen MR) is 115 cm³/mol. The summed E-state index contributed by atoms with van der Waals surface area (Å²) in [5, 5.41) is 0. The lowest BCUT2D eigenvalue weighted by atomic mass is 9.92. The van der Waals surface area contributed by atoms with Gasteiger partial charge >= 0.3 is 0 Å². The van der Waals surface area contributed by atoms with Gasteiger partial charge in [0.1, 0.15) is 0 Å². The lowest BCUT2D eigenvalue weighted by Gasteiger charge is -2.23. The number of carbonyl (C=O) groups is 1. The summed E-state index contributed by atoms with van der Waals surface area (Å²) in [7, 11) is 2.22. The van der Waals surface area contributed by atoms with Crippen molar-refractivity contribution >= 4 is 5.91 Å². The molecule has 1 aromatic heterocycles. The van der Waals surface area contributed by atoms with Crippen LogP contribution in [0.2, 0.25) is 0 Å². The van der Waals surface area contributed by atoms with Crippen molar-refractivity contribution in [3.05, 3.63) is 23.4 Å². The Morgan fingerprint density at radius 3 is 2.43 bits per heavy atom.